The van der Waals surface area contributed by atoms with Crippen molar-refractivity contribution in [2.24, 2.45) is 5.41 Å². The fourth-order valence-corrected chi connectivity index (χ4v) is 2.97. The molecule has 1 atom stereocenters. The standard InChI is InChI=1S/C13H23NO2S/c1-3-6-13(12(15)16)7-4-8-14(11-13)9-5-10-17-2/h3H,1,4-11H2,2H3,(H,15,16). The van der Waals surface area contributed by atoms with Gasteiger partial charge in [-0.25, -0.2) is 0 Å². The van der Waals surface area contributed by atoms with Crippen LogP contribution < -0.4 is 0 Å². The number of hydrogen-bond donors (Lipinski definition) is 1. The van der Waals surface area contributed by atoms with Crippen molar-refractivity contribution in [1.82, 2.24) is 4.90 Å². The van der Waals surface area contributed by atoms with Gasteiger partial charge >= 0.3 is 5.97 Å². The molecule has 1 saturated heterocycles. The Labute approximate surface area is 108 Å². The van der Waals surface area contributed by atoms with Gasteiger partial charge in [0.25, 0.3) is 0 Å². The molecule has 0 aliphatic carbocycles. The van der Waals surface area contributed by atoms with E-state index in [9.17, 15) is 9.90 Å². The summed E-state index contributed by atoms with van der Waals surface area (Å²) in [5.41, 5.74) is -0.584. The van der Waals surface area contributed by atoms with E-state index < -0.39 is 11.4 Å². The fourth-order valence-electron chi connectivity index (χ4n) is 2.56. The van der Waals surface area contributed by atoms with E-state index in [1.54, 1.807) is 6.08 Å². The van der Waals surface area contributed by atoms with Crippen molar-refractivity contribution < 1.29 is 9.90 Å². The third-order valence-corrected chi connectivity index (χ3v) is 4.16. The molecular weight excluding hydrogens is 234 g/mol. The van der Waals surface area contributed by atoms with E-state index in [0.717, 1.165) is 38.1 Å². The van der Waals surface area contributed by atoms with Crippen LogP contribution >= 0.6 is 11.8 Å². The van der Waals surface area contributed by atoms with Gasteiger partial charge in [-0.15, -0.1) is 6.58 Å². The molecule has 17 heavy (non-hydrogen) atoms. The van der Waals surface area contributed by atoms with Crippen molar-refractivity contribution in [2.75, 3.05) is 31.6 Å². The summed E-state index contributed by atoms with van der Waals surface area (Å²) < 4.78 is 0. The normalized spacial score (nSPS) is 25.7. The molecule has 4 heteroatoms. The van der Waals surface area contributed by atoms with Crippen LogP contribution in [0.2, 0.25) is 0 Å². The summed E-state index contributed by atoms with van der Waals surface area (Å²) in [4.78, 5) is 13.8. The Hall–Kier alpha value is -0.480. The van der Waals surface area contributed by atoms with Crippen LogP contribution in [0.4, 0.5) is 0 Å². The summed E-state index contributed by atoms with van der Waals surface area (Å²) in [6.07, 6.45) is 7.36. The smallest absolute Gasteiger partial charge is 0.311 e. The second-order valence-electron chi connectivity index (χ2n) is 4.80. The lowest BCUT2D eigenvalue weighted by Gasteiger charge is -2.39. The Morgan fingerprint density at radius 3 is 3.00 bits per heavy atom. The van der Waals surface area contributed by atoms with Crippen molar-refractivity contribution in [3.63, 3.8) is 0 Å². The van der Waals surface area contributed by atoms with Crippen LogP contribution in [0, 0.1) is 5.41 Å². The first-order valence-corrected chi connectivity index (χ1v) is 7.59. The van der Waals surface area contributed by atoms with Gasteiger partial charge in [0.05, 0.1) is 5.41 Å². The average Bonchev–Trinajstić information content (AvgIpc) is 2.30. The minimum atomic E-state index is -0.660. The Morgan fingerprint density at radius 2 is 2.41 bits per heavy atom. The molecule has 0 saturated carbocycles. The topological polar surface area (TPSA) is 40.5 Å². The highest BCUT2D eigenvalue weighted by Crippen LogP contribution is 2.34. The molecule has 0 aromatic heterocycles. The number of carboxylic acids is 1. The van der Waals surface area contributed by atoms with E-state index in [-0.39, 0.29) is 0 Å². The molecule has 0 bridgehead atoms. The van der Waals surface area contributed by atoms with Crippen molar-refractivity contribution in [3.05, 3.63) is 12.7 Å². The van der Waals surface area contributed by atoms with E-state index in [2.05, 4.69) is 17.7 Å². The number of carbonyl (C=O) groups is 1. The zero-order valence-corrected chi connectivity index (χ0v) is 11.5. The van der Waals surface area contributed by atoms with Gasteiger partial charge in [0, 0.05) is 6.54 Å². The lowest BCUT2D eigenvalue weighted by Crippen LogP contribution is -2.47. The maximum atomic E-state index is 11.5. The van der Waals surface area contributed by atoms with Gasteiger partial charge in [-0.2, -0.15) is 11.8 Å². The first-order chi connectivity index (χ1) is 8.14. The minimum absolute atomic E-state index is 0.584. The van der Waals surface area contributed by atoms with Crippen LogP contribution in [-0.4, -0.2) is 47.6 Å². The second kappa shape index (κ2) is 7.07. The van der Waals surface area contributed by atoms with E-state index in [1.807, 2.05) is 11.8 Å². The highest BCUT2D eigenvalue weighted by Gasteiger charge is 2.40. The quantitative estimate of drug-likeness (QED) is 0.562. The van der Waals surface area contributed by atoms with Gasteiger partial charge in [0.2, 0.25) is 0 Å². The number of aliphatic carboxylic acids is 1. The van der Waals surface area contributed by atoms with Crippen LogP contribution in [0.25, 0.3) is 0 Å². The predicted molar refractivity (Wildman–Crippen MR) is 73.6 cm³/mol. The highest BCUT2D eigenvalue weighted by molar-refractivity contribution is 7.98. The number of nitrogens with zero attached hydrogens (tertiary/aromatic N) is 1. The second-order valence-corrected chi connectivity index (χ2v) is 5.79. The van der Waals surface area contributed by atoms with Crippen LogP contribution in [0.1, 0.15) is 25.7 Å². The summed E-state index contributed by atoms with van der Waals surface area (Å²) in [5, 5.41) is 9.43. The summed E-state index contributed by atoms with van der Waals surface area (Å²) >= 11 is 1.85. The largest absolute Gasteiger partial charge is 0.481 e. The minimum Gasteiger partial charge on any atom is -0.481 e. The molecule has 1 N–H and O–H groups in total. The lowest BCUT2D eigenvalue weighted by atomic mass is 9.77. The maximum absolute atomic E-state index is 11.5. The summed E-state index contributed by atoms with van der Waals surface area (Å²) in [6, 6.07) is 0. The molecule has 0 amide bonds. The average molecular weight is 257 g/mol. The zero-order valence-electron chi connectivity index (χ0n) is 10.7. The number of allylic oxidation sites excluding steroid dienone is 1. The van der Waals surface area contributed by atoms with Gasteiger partial charge < -0.3 is 10.0 Å². The van der Waals surface area contributed by atoms with Gasteiger partial charge in [-0.3, -0.25) is 4.79 Å². The van der Waals surface area contributed by atoms with Gasteiger partial charge in [-0.05, 0) is 50.8 Å². The third kappa shape index (κ3) is 4.03. The Bertz CT molecular complexity index is 270. The number of rotatable bonds is 7. The number of thioether (sulfide) groups is 1. The van der Waals surface area contributed by atoms with E-state index >= 15 is 0 Å². The Morgan fingerprint density at radius 1 is 1.65 bits per heavy atom. The molecule has 0 aromatic rings. The van der Waals surface area contributed by atoms with Crippen molar-refractivity contribution >= 4 is 17.7 Å². The molecule has 0 spiro atoms. The van der Waals surface area contributed by atoms with Gasteiger partial charge in [0.15, 0.2) is 0 Å². The zero-order chi connectivity index (χ0) is 12.7. The van der Waals surface area contributed by atoms with Crippen molar-refractivity contribution in [3.8, 4) is 0 Å². The van der Waals surface area contributed by atoms with Crippen LogP contribution in [0.3, 0.4) is 0 Å². The van der Waals surface area contributed by atoms with E-state index in [0.29, 0.717) is 13.0 Å². The van der Waals surface area contributed by atoms with Crippen LogP contribution in [-0.2, 0) is 4.79 Å². The highest BCUT2D eigenvalue weighted by atomic mass is 32.2. The molecule has 1 rings (SSSR count). The molecule has 1 aliphatic rings. The molecule has 0 radical (unpaired) electrons. The van der Waals surface area contributed by atoms with Crippen molar-refractivity contribution in [1.29, 1.82) is 0 Å². The monoisotopic (exact) mass is 257 g/mol. The number of likely N-dealkylation sites (tertiary alicyclic amines) is 1. The summed E-state index contributed by atoms with van der Waals surface area (Å²) in [6.45, 7) is 6.44. The fraction of sp³-hybridized carbons (Fsp3) is 0.769. The molecule has 1 heterocycles. The molecule has 1 aliphatic heterocycles. The molecule has 98 valence electrons. The molecule has 1 fully saturated rings. The molecule has 0 aromatic carbocycles. The van der Waals surface area contributed by atoms with Crippen LogP contribution in [0.5, 0.6) is 0 Å². The van der Waals surface area contributed by atoms with E-state index in [4.69, 9.17) is 0 Å². The molecule has 1 unspecified atom stereocenters. The third-order valence-electron chi connectivity index (χ3n) is 3.47. The van der Waals surface area contributed by atoms with Gasteiger partial charge in [-0.1, -0.05) is 6.08 Å². The number of piperidine rings is 1. The van der Waals surface area contributed by atoms with Crippen LogP contribution in [0.15, 0.2) is 12.7 Å². The SMILES string of the molecule is C=CCC1(C(=O)O)CCCN(CCCSC)C1. The maximum Gasteiger partial charge on any atom is 0.311 e. The molecular formula is C13H23NO2S. The Kier molecular flexibility index (Phi) is 6.06. The van der Waals surface area contributed by atoms with Gasteiger partial charge in [0.1, 0.15) is 0 Å². The van der Waals surface area contributed by atoms with E-state index in [1.165, 1.54) is 0 Å². The lowest BCUT2D eigenvalue weighted by molar-refractivity contribution is -0.152. The first kappa shape index (κ1) is 14.6. The van der Waals surface area contributed by atoms with Crippen molar-refractivity contribution in [2.45, 2.75) is 25.7 Å². The summed E-state index contributed by atoms with van der Waals surface area (Å²) in [7, 11) is 0. The number of carboxylic acid groups (broad SMARTS) is 1. The first-order valence-electron chi connectivity index (χ1n) is 6.20. The summed E-state index contributed by atoms with van der Waals surface area (Å²) in [5.74, 6) is 0.491. The predicted octanol–water partition coefficient (Wildman–Crippen LogP) is 2.48. The Balaban J connectivity index is 2.55. The molecule has 3 nitrogen and oxygen atoms in total. The number of hydrogen-bond acceptors (Lipinski definition) is 3.